The maximum atomic E-state index is 13.1. The Bertz CT molecular complexity index is 1780. The maximum absolute atomic E-state index is 13.1. The molecule has 2 aliphatic heterocycles. The molecule has 12 heteroatoms. The van der Waals surface area contributed by atoms with Crippen molar-refractivity contribution >= 4 is 36.5 Å². The first-order chi connectivity index (χ1) is 21.3. The molecule has 45 heavy (non-hydrogen) atoms. The molecular weight excluding hydrogens is 583 g/mol. The third-order valence-electron chi connectivity index (χ3n) is 8.12. The molecule has 4 aromatic rings. The number of alkyl halides is 3. The summed E-state index contributed by atoms with van der Waals surface area (Å²) in [6.45, 7) is 5.17. The van der Waals surface area contributed by atoms with Crippen molar-refractivity contribution in [3.8, 4) is 0 Å². The Morgan fingerprint density at radius 1 is 0.889 bits per heavy atom. The van der Waals surface area contributed by atoms with Crippen molar-refractivity contribution in [3.05, 3.63) is 117 Å². The average molecular weight is 614 g/mol. The standard InChI is InChI=1S/C17H15BF3NO2.C16H16BNO3/c1-10-2-5-13(16(22-10)17(19,20)21)15(23)9-11-3-4-12-6-7-18(24)14(12)8-11;1-10-5-14(8-18-11(10)2)16(19)7-12-3-4-13-9-21-17(20)15(13)6-12/h2-5,8,24H,6-7,9H2,1H3;3-6,8,20H,7,9H2,1-2H3. The summed E-state index contributed by atoms with van der Waals surface area (Å²) in [6, 6.07) is 15.4. The fourth-order valence-corrected chi connectivity index (χ4v) is 5.48. The van der Waals surface area contributed by atoms with E-state index < -0.39 is 37.3 Å². The second kappa shape index (κ2) is 13.1. The molecule has 0 saturated carbocycles. The Hall–Kier alpha value is -4.12. The van der Waals surface area contributed by atoms with Gasteiger partial charge in [0.25, 0.3) is 0 Å². The molecule has 2 aromatic carbocycles. The van der Waals surface area contributed by atoms with Crippen molar-refractivity contribution in [1.29, 1.82) is 0 Å². The quantitative estimate of drug-likeness (QED) is 0.251. The Morgan fingerprint density at radius 2 is 1.56 bits per heavy atom. The third kappa shape index (κ3) is 7.41. The minimum Gasteiger partial charge on any atom is -0.446 e. The lowest BCUT2D eigenvalue weighted by Crippen LogP contribution is -2.28. The van der Waals surface area contributed by atoms with E-state index in [9.17, 15) is 32.8 Å². The fraction of sp³-hybridized carbons (Fsp3) is 0.273. The van der Waals surface area contributed by atoms with Gasteiger partial charge in [-0.3, -0.25) is 14.6 Å². The van der Waals surface area contributed by atoms with Crippen molar-refractivity contribution in [1.82, 2.24) is 9.97 Å². The molecule has 0 spiro atoms. The number of hydrogen-bond acceptors (Lipinski definition) is 7. The first-order valence-electron chi connectivity index (χ1n) is 14.6. The molecule has 0 aliphatic carbocycles. The molecule has 4 heterocycles. The minimum atomic E-state index is -4.68. The first kappa shape index (κ1) is 32.3. The fourth-order valence-electron chi connectivity index (χ4n) is 5.48. The van der Waals surface area contributed by atoms with Crippen LogP contribution < -0.4 is 10.9 Å². The summed E-state index contributed by atoms with van der Waals surface area (Å²) in [5.41, 5.74) is 6.20. The largest absolute Gasteiger partial charge is 0.491 e. The van der Waals surface area contributed by atoms with E-state index in [1.54, 1.807) is 18.3 Å². The van der Waals surface area contributed by atoms with Gasteiger partial charge in [-0.15, -0.1) is 0 Å². The Kier molecular flexibility index (Phi) is 9.38. The number of aryl methyl sites for hydroxylation is 4. The van der Waals surface area contributed by atoms with Gasteiger partial charge in [0.1, 0.15) is 0 Å². The highest BCUT2D eigenvalue weighted by molar-refractivity contribution is 6.68. The van der Waals surface area contributed by atoms with Gasteiger partial charge in [-0.25, -0.2) is 4.98 Å². The van der Waals surface area contributed by atoms with Crippen molar-refractivity contribution < 1.29 is 37.5 Å². The molecular formula is C33H31B2F3N2O5. The minimum absolute atomic E-state index is 0.0268. The van der Waals surface area contributed by atoms with Crippen LogP contribution in [0.2, 0.25) is 6.32 Å². The number of pyridine rings is 2. The van der Waals surface area contributed by atoms with Crippen LogP contribution in [0.15, 0.2) is 60.8 Å². The summed E-state index contributed by atoms with van der Waals surface area (Å²) in [5, 5.41) is 19.6. The number of hydrogen-bond donors (Lipinski definition) is 2. The van der Waals surface area contributed by atoms with Gasteiger partial charge in [0, 0.05) is 41.6 Å². The molecule has 230 valence electrons. The van der Waals surface area contributed by atoms with E-state index in [0.717, 1.165) is 45.3 Å². The number of aromatic nitrogens is 2. The van der Waals surface area contributed by atoms with Crippen molar-refractivity contribution in [2.45, 2.75) is 59.1 Å². The summed E-state index contributed by atoms with van der Waals surface area (Å²) in [4.78, 5) is 32.4. The van der Waals surface area contributed by atoms with Gasteiger partial charge in [0.15, 0.2) is 17.3 Å². The van der Waals surface area contributed by atoms with Gasteiger partial charge in [-0.05, 0) is 84.9 Å². The monoisotopic (exact) mass is 614 g/mol. The van der Waals surface area contributed by atoms with E-state index in [-0.39, 0.29) is 17.9 Å². The number of benzene rings is 2. The molecule has 0 unspecified atom stereocenters. The van der Waals surface area contributed by atoms with Crippen molar-refractivity contribution in [3.63, 3.8) is 0 Å². The van der Waals surface area contributed by atoms with Gasteiger partial charge >= 0.3 is 20.2 Å². The van der Waals surface area contributed by atoms with Crippen LogP contribution in [0.1, 0.15) is 65.6 Å². The van der Waals surface area contributed by atoms with Gasteiger partial charge in [0.2, 0.25) is 0 Å². The molecule has 0 saturated heterocycles. The van der Waals surface area contributed by atoms with Crippen LogP contribution in [0.4, 0.5) is 13.2 Å². The molecule has 2 aliphatic rings. The number of nitrogens with zero attached hydrogens (tertiary/aromatic N) is 2. The number of carbonyl (C=O) groups excluding carboxylic acids is 2. The third-order valence-corrected chi connectivity index (χ3v) is 8.12. The van der Waals surface area contributed by atoms with E-state index in [4.69, 9.17) is 4.65 Å². The lowest BCUT2D eigenvalue weighted by molar-refractivity contribution is -0.141. The zero-order valence-corrected chi connectivity index (χ0v) is 25.1. The highest BCUT2D eigenvalue weighted by Crippen LogP contribution is 2.31. The van der Waals surface area contributed by atoms with Crippen LogP contribution in [0.3, 0.4) is 0 Å². The topological polar surface area (TPSA) is 110 Å². The summed E-state index contributed by atoms with van der Waals surface area (Å²) in [6.07, 6.45) is -1.52. The van der Waals surface area contributed by atoms with E-state index in [2.05, 4.69) is 9.97 Å². The van der Waals surface area contributed by atoms with Crippen LogP contribution >= 0.6 is 0 Å². The molecule has 2 aromatic heterocycles. The summed E-state index contributed by atoms with van der Waals surface area (Å²) in [5.74, 6) is -0.610. The van der Waals surface area contributed by atoms with Crippen LogP contribution in [0.5, 0.6) is 0 Å². The van der Waals surface area contributed by atoms with E-state index in [1.165, 1.54) is 19.1 Å². The molecule has 0 amide bonds. The second-order valence-corrected chi connectivity index (χ2v) is 11.5. The Labute approximate surface area is 259 Å². The molecule has 2 N–H and O–H groups in total. The molecule has 0 bridgehead atoms. The van der Waals surface area contributed by atoms with Gasteiger partial charge in [-0.2, -0.15) is 13.2 Å². The lowest BCUT2D eigenvalue weighted by Gasteiger charge is -2.12. The summed E-state index contributed by atoms with van der Waals surface area (Å²) < 4.78 is 44.5. The van der Waals surface area contributed by atoms with Crippen molar-refractivity contribution in [2.24, 2.45) is 0 Å². The number of rotatable bonds is 6. The maximum Gasteiger partial charge on any atom is 0.491 e. The smallest absolute Gasteiger partial charge is 0.446 e. The number of ketones is 2. The zero-order valence-electron chi connectivity index (χ0n) is 25.1. The predicted molar refractivity (Wildman–Crippen MR) is 165 cm³/mol. The highest BCUT2D eigenvalue weighted by Gasteiger charge is 2.37. The van der Waals surface area contributed by atoms with Gasteiger partial charge < -0.3 is 14.7 Å². The van der Waals surface area contributed by atoms with Crippen LogP contribution in [-0.4, -0.2) is 45.6 Å². The number of Topliss-reactive ketones (excluding diaryl/α,β-unsaturated/α-hetero) is 2. The van der Waals surface area contributed by atoms with Crippen LogP contribution in [-0.2, 0) is 36.7 Å². The van der Waals surface area contributed by atoms with E-state index in [1.807, 2.05) is 44.2 Å². The Balaban J connectivity index is 0.000000179. The first-order valence-corrected chi connectivity index (χ1v) is 14.6. The normalized spacial score (nSPS) is 13.7. The van der Waals surface area contributed by atoms with Crippen LogP contribution in [0.25, 0.3) is 0 Å². The number of carbonyl (C=O) groups is 2. The van der Waals surface area contributed by atoms with Crippen molar-refractivity contribution in [2.75, 3.05) is 0 Å². The molecule has 0 fully saturated rings. The van der Waals surface area contributed by atoms with E-state index >= 15 is 0 Å². The van der Waals surface area contributed by atoms with E-state index in [0.29, 0.717) is 30.5 Å². The number of fused-ring (bicyclic) bond motifs is 2. The lowest BCUT2D eigenvalue weighted by atomic mass is 9.63. The molecule has 0 radical (unpaired) electrons. The second-order valence-electron chi connectivity index (χ2n) is 11.5. The van der Waals surface area contributed by atoms with Gasteiger partial charge in [-0.1, -0.05) is 42.0 Å². The van der Waals surface area contributed by atoms with Gasteiger partial charge in [0.05, 0.1) is 6.61 Å². The Morgan fingerprint density at radius 3 is 2.24 bits per heavy atom. The molecule has 0 atom stereocenters. The highest BCUT2D eigenvalue weighted by atomic mass is 19.4. The predicted octanol–water partition coefficient (Wildman–Crippen LogP) is 3.92. The molecule has 6 rings (SSSR count). The zero-order chi connectivity index (χ0) is 32.5. The number of halogens is 3. The van der Waals surface area contributed by atoms with Crippen LogP contribution in [0, 0.1) is 20.8 Å². The summed E-state index contributed by atoms with van der Waals surface area (Å²) >= 11 is 0. The SMILES string of the molecule is Cc1cc(C(=O)Cc2ccc3c(c2)B(O)OC3)cnc1C.Cc1ccc(C(=O)Cc2ccc3c(c2)B(O)CC3)c(C(F)(F)F)n1. The average Bonchev–Trinajstić information content (AvgIpc) is 3.55. The molecule has 7 nitrogen and oxygen atoms in total. The summed E-state index contributed by atoms with van der Waals surface area (Å²) in [7, 11) is -0.877.